The summed E-state index contributed by atoms with van der Waals surface area (Å²) in [4.78, 5) is 24.4. The molecule has 0 unspecified atom stereocenters. The lowest BCUT2D eigenvalue weighted by molar-refractivity contribution is -0.115. The van der Waals surface area contributed by atoms with E-state index in [1.807, 2.05) is 0 Å². The number of halogens is 2. The molecule has 0 fully saturated rings. The molecule has 0 radical (unpaired) electrons. The minimum atomic E-state index is -4.30. The van der Waals surface area contributed by atoms with Crippen LogP contribution in [0.4, 0.5) is 15.8 Å². The van der Waals surface area contributed by atoms with E-state index in [0.717, 1.165) is 16.4 Å². The Bertz CT molecular complexity index is 1620. The lowest BCUT2D eigenvalue weighted by Crippen LogP contribution is -2.42. The second-order valence-electron chi connectivity index (χ2n) is 7.33. The van der Waals surface area contributed by atoms with E-state index < -0.39 is 28.3 Å². The molecule has 5 rings (SSSR count). The summed E-state index contributed by atoms with van der Waals surface area (Å²) in [5.41, 5.74) is 0.366. The number of nitrogens with zero attached hydrogens (tertiary/aromatic N) is 1. The number of para-hydroxylation sites is 1. The Hall–Kier alpha value is -3.69. The van der Waals surface area contributed by atoms with E-state index in [9.17, 15) is 22.4 Å². The number of rotatable bonds is 3. The number of amides is 1. The summed E-state index contributed by atoms with van der Waals surface area (Å²) in [6, 6.07) is 15.2. The molecule has 1 aliphatic heterocycles. The molecule has 0 atom stereocenters. The molecule has 7 nitrogen and oxygen atoms in total. The highest BCUT2D eigenvalue weighted by atomic mass is 35.5. The van der Waals surface area contributed by atoms with Crippen molar-refractivity contribution >= 4 is 49.9 Å². The van der Waals surface area contributed by atoms with Gasteiger partial charge in [-0.3, -0.25) is 13.9 Å². The third kappa shape index (κ3) is 3.65. The molecular weight excluding hydrogens is 471 g/mol. The number of hydrogen-bond acceptors (Lipinski definition) is 5. The zero-order valence-corrected chi connectivity index (χ0v) is 18.3. The molecule has 4 aromatic rings. The van der Waals surface area contributed by atoms with E-state index in [-0.39, 0.29) is 38.0 Å². The molecule has 0 bridgehead atoms. The van der Waals surface area contributed by atoms with Crippen LogP contribution in [0, 0.1) is 5.82 Å². The first-order valence-electron chi connectivity index (χ1n) is 9.69. The highest BCUT2D eigenvalue weighted by Crippen LogP contribution is 2.37. The molecule has 1 aliphatic rings. The zero-order chi connectivity index (χ0) is 23.3. The molecular formula is C23H14ClFN2O5S. The van der Waals surface area contributed by atoms with Gasteiger partial charge in [0.15, 0.2) is 5.43 Å². The number of fused-ring (bicyclic) bond motifs is 2. The maximum absolute atomic E-state index is 13.9. The van der Waals surface area contributed by atoms with E-state index in [0.29, 0.717) is 11.0 Å². The maximum Gasteiger partial charge on any atom is 0.264 e. The van der Waals surface area contributed by atoms with Crippen molar-refractivity contribution in [2.45, 2.75) is 4.90 Å². The lowest BCUT2D eigenvalue weighted by atomic mass is 10.1. The van der Waals surface area contributed by atoms with Crippen molar-refractivity contribution in [2.75, 3.05) is 16.2 Å². The molecule has 3 aromatic carbocycles. The summed E-state index contributed by atoms with van der Waals surface area (Å²) < 4.78 is 47.4. The van der Waals surface area contributed by atoms with E-state index in [1.54, 1.807) is 24.3 Å². The van der Waals surface area contributed by atoms with Crippen LogP contribution in [0.3, 0.4) is 0 Å². The van der Waals surface area contributed by atoms with Crippen molar-refractivity contribution in [3.8, 4) is 11.3 Å². The topological polar surface area (TPSA) is 96.7 Å². The normalized spacial score (nSPS) is 13.6. The highest BCUT2D eigenvalue weighted by Gasteiger charge is 2.33. The van der Waals surface area contributed by atoms with Gasteiger partial charge in [0.05, 0.1) is 26.7 Å². The molecule has 0 spiro atoms. The van der Waals surface area contributed by atoms with Gasteiger partial charge in [-0.2, -0.15) is 0 Å². The Morgan fingerprint density at radius 2 is 1.79 bits per heavy atom. The number of nitrogens with one attached hydrogen (secondary N) is 1. The van der Waals surface area contributed by atoms with Crippen LogP contribution < -0.4 is 15.1 Å². The smallest absolute Gasteiger partial charge is 0.264 e. The van der Waals surface area contributed by atoms with Gasteiger partial charge >= 0.3 is 0 Å². The van der Waals surface area contributed by atoms with Gasteiger partial charge in [-0.1, -0.05) is 23.7 Å². The van der Waals surface area contributed by atoms with Crippen LogP contribution in [-0.2, 0) is 14.8 Å². The first-order chi connectivity index (χ1) is 15.7. The summed E-state index contributed by atoms with van der Waals surface area (Å²) in [5.74, 6) is -1.13. The van der Waals surface area contributed by atoms with E-state index in [4.69, 9.17) is 16.0 Å². The van der Waals surface area contributed by atoms with E-state index in [1.165, 1.54) is 30.3 Å². The largest absolute Gasteiger partial charge is 0.456 e. The molecule has 1 amide bonds. The van der Waals surface area contributed by atoms with E-state index >= 15 is 0 Å². The fourth-order valence-electron chi connectivity index (χ4n) is 3.65. The molecule has 1 aromatic heterocycles. The summed E-state index contributed by atoms with van der Waals surface area (Å²) in [6.07, 6.45) is 0. The highest BCUT2D eigenvalue weighted by molar-refractivity contribution is 7.93. The van der Waals surface area contributed by atoms with Crippen LogP contribution in [0.2, 0.25) is 5.02 Å². The van der Waals surface area contributed by atoms with Crippen molar-refractivity contribution in [1.82, 2.24) is 0 Å². The summed E-state index contributed by atoms with van der Waals surface area (Å²) in [5, 5.41) is 3.06. The fraction of sp³-hybridized carbons (Fsp3) is 0.0435. The molecule has 0 saturated carbocycles. The SMILES string of the molecule is O=C1CN(S(=O)(=O)c2ccc(Cl)c(-c3cc(=O)c4ccccc4o3)c2)c2cc(F)ccc2N1. The summed E-state index contributed by atoms with van der Waals surface area (Å²) in [6.45, 7) is -0.526. The summed E-state index contributed by atoms with van der Waals surface area (Å²) >= 11 is 6.31. The van der Waals surface area contributed by atoms with Crippen LogP contribution in [-0.4, -0.2) is 20.9 Å². The fourth-order valence-corrected chi connectivity index (χ4v) is 5.32. The van der Waals surface area contributed by atoms with Crippen molar-refractivity contribution in [3.63, 3.8) is 0 Å². The Balaban J connectivity index is 1.65. The number of carbonyl (C=O) groups excluding carboxylic acids is 1. The molecule has 0 aliphatic carbocycles. The van der Waals surface area contributed by atoms with Crippen LogP contribution in [0.1, 0.15) is 0 Å². The van der Waals surface area contributed by atoms with E-state index in [2.05, 4.69) is 5.32 Å². The second-order valence-corrected chi connectivity index (χ2v) is 9.60. The van der Waals surface area contributed by atoms with Gasteiger partial charge in [0.1, 0.15) is 23.7 Å². The molecule has 0 saturated heterocycles. The standard InChI is InChI=1S/C23H14ClFN2O5S/c24-17-7-6-14(10-16(17)22-11-20(28)15-3-1-2-4-21(15)32-22)33(30,31)27-12-23(29)26-18-8-5-13(25)9-19(18)27/h1-11H,12H2,(H,26,29). The Morgan fingerprint density at radius 3 is 2.61 bits per heavy atom. The van der Waals surface area contributed by atoms with Gasteiger partial charge in [0, 0.05) is 17.7 Å². The van der Waals surface area contributed by atoms with Gasteiger partial charge in [-0.25, -0.2) is 12.8 Å². The van der Waals surface area contributed by atoms with Crippen LogP contribution in [0.5, 0.6) is 0 Å². The Labute approximate surface area is 192 Å². The molecule has 2 heterocycles. The van der Waals surface area contributed by atoms with Gasteiger partial charge in [-0.15, -0.1) is 0 Å². The molecule has 166 valence electrons. The van der Waals surface area contributed by atoms with Crippen molar-refractivity contribution in [3.05, 3.63) is 87.8 Å². The van der Waals surface area contributed by atoms with Gasteiger partial charge in [0.2, 0.25) is 5.91 Å². The Kier molecular flexibility index (Phi) is 4.95. The quantitative estimate of drug-likeness (QED) is 0.465. The Morgan fingerprint density at radius 1 is 1.00 bits per heavy atom. The monoisotopic (exact) mass is 484 g/mol. The maximum atomic E-state index is 13.9. The average molecular weight is 485 g/mol. The minimum absolute atomic E-state index is 0.00309. The van der Waals surface area contributed by atoms with Crippen LogP contribution >= 0.6 is 11.6 Å². The van der Waals surface area contributed by atoms with Gasteiger partial charge < -0.3 is 9.73 Å². The third-order valence-electron chi connectivity index (χ3n) is 5.22. The van der Waals surface area contributed by atoms with Gasteiger partial charge in [-0.05, 0) is 42.5 Å². The summed E-state index contributed by atoms with van der Waals surface area (Å²) in [7, 11) is -4.30. The van der Waals surface area contributed by atoms with Crippen molar-refractivity contribution in [2.24, 2.45) is 0 Å². The average Bonchev–Trinajstić information content (AvgIpc) is 2.79. The molecule has 1 N–H and O–H groups in total. The van der Waals surface area contributed by atoms with Crippen molar-refractivity contribution < 1.29 is 22.0 Å². The number of benzene rings is 3. The molecule has 10 heteroatoms. The van der Waals surface area contributed by atoms with Crippen LogP contribution in [0.25, 0.3) is 22.3 Å². The lowest BCUT2D eigenvalue weighted by Gasteiger charge is -2.30. The van der Waals surface area contributed by atoms with Gasteiger partial charge in [0.25, 0.3) is 10.0 Å². The van der Waals surface area contributed by atoms with Crippen LogP contribution in [0.15, 0.2) is 80.8 Å². The molecule has 33 heavy (non-hydrogen) atoms. The number of anilines is 2. The zero-order valence-electron chi connectivity index (χ0n) is 16.7. The second kappa shape index (κ2) is 7.72. The first kappa shape index (κ1) is 21.2. The predicted octanol–water partition coefficient (Wildman–Crippen LogP) is 4.40. The predicted molar refractivity (Wildman–Crippen MR) is 122 cm³/mol. The first-order valence-corrected chi connectivity index (χ1v) is 11.5. The minimum Gasteiger partial charge on any atom is -0.456 e. The number of carbonyl (C=O) groups is 1. The van der Waals surface area contributed by atoms with Crippen molar-refractivity contribution in [1.29, 1.82) is 0 Å². The number of hydrogen-bond donors (Lipinski definition) is 1. The third-order valence-corrected chi connectivity index (χ3v) is 7.30. The number of sulfonamides is 1.